The molecule has 0 aromatic carbocycles. The van der Waals surface area contributed by atoms with Gasteiger partial charge in [-0.25, -0.2) is 14.3 Å². The monoisotopic (exact) mass is 469 g/mol. The number of pyridine rings is 1. The predicted octanol–water partition coefficient (Wildman–Crippen LogP) is 0.930. The molecule has 34 heavy (non-hydrogen) atoms. The summed E-state index contributed by atoms with van der Waals surface area (Å²) in [5, 5.41) is 17.5. The summed E-state index contributed by atoms with van der Waals surface area (Å²) in [4.78, 5) is 38.6. The zero-order valence-electron chi connectivity index (χ0n) is 19.2. The minimum absolute atomic E-state index is 0.250. The van der Waals surface area contributed by atoms with Crippen LogP contribution in [-0.4, -0.2) is 81.5 Å². The van der Waals surface area contributed by atoms with E-state index >= 15 is 0 Å². The lowest BCUT2D eigenvalue weighted by Crippen LogP contribution is -2.49. The van der Waals surface area contributed by atoms with Crippen LogP contribution in [0.2, 0.25) is 0 Å². The first-order chi connectivity index (χ1) is 16.4. The van der Waals surface area contributed by atoms with Crippen LogP contribution in [0.4, 0.5) is 22.0 Å². The molecule has 0 spiro atoms. The van der Waals surface area contributed by atoms with Gasteiger partial charge in [-0.05, 0) is 26.3 Å². The summed E-state index contributed by atoms with van der Waals surface area (Å²) < 4.78 is 6.87. The predicted molar refractivity (Wildman–Crippen MR) is 125 cm³/mol. The van der Waals surface area contributed by atoms with Crippen LogP contribution in [0.25, 0.3) is 5.78 Å². The molecule has 0 bridgehead atoms. The molecule has 3 aromatic heterocycles. The number of carboxylic acid groups (broad SMARTS) is 1. The standard InChI is InChI=1S/C20H25N9O2.CH2O2/c1-12-10-27(9-7-21-12)16-4-6-22-17-14(16)5-8-28(17)20(30)24-15-11-29-19(23-13(2)26-29)25-18(15)31-3;2-1-3/h4,6,11-12,21H,5,7-10H2,1-3H3,(H,24,30);1H,(H,2,3)/t12-;/m0./s1. The van der Waals surface area contributed by atoms with E-state index in [0.29, 0.717) is 35.7 Å². The molecule has 180 valence electrons. The molecule has 2 aliphatic heterocycles. The number of fused-ring (bicyclic) bond motifs is 2. The zero-order chi connectivity index (χ0) is 24.2. The number of ether oxygens (including phenoxy) is 1. The molecule has 2 aliphatic rings. The van der Waals surface area contributed by atoms with E-state index < -0.39 is 0 Å². The van der Waals surface area contributed by atoms with E-state index in [2.05, 4.69) is 42.5 Å². The number of aryl methyl sites for hydroxylation is 1. The van der Waals surface area contributed by atoms with Crippen LogP contribution in [0.15, 0.2) is 18.5 Å². The van der Waals surface area contributed by atoms with Crippen molar-refractivity contribution in [3.8, 4) is 5.88 Å². The molecule has 2 amide bonds. The minimum atomic E-state index is -0.284. The molecule has 0 unspecified atom stereocenters. The van der Waals surface area contributed by atoms with E-state index in [1.54, 1.807) is 24.2 Å². The fourth-order valence-corrected chi connectivity index (χ4v) is 4.25. The Morgan fingerprint density at radius 3 is 2.88 bits per heavy atom. The molecule has 0 radical (unpaired) electrons. The maximum atomic E-state index is 13.1. The number of nitrogens with one attached hydrogen (secondary N) is 2. The summed E-state index contributed by atoms with van der Waals surface area (Å²) >= 11 is 0. The van der Waals surface area contributed by atoms with Crippen LogP contribution in [0.1, 0.15) is 18.3 Å². The third kappa shape index (κ3) is 4.55. The number of amides is 2. The Hall–Kier alpha value is -4.00. The highest BCUT2D eigenvalue weighted by molar-refractivity contribution is 6.03. The van der Waals surface area contributed by atoms with Crippen molar-refractivity contribution in [3.63, 3.8) is 0 Å². The van der Waals surface area contributed by atoms with Crippen molar-refractivity contribution >= 4 is 35.5 Å². The van der Waals surface area contributed by atoms with Crippen molar-refractivity contribution < 1.29 is 19.4 Å². The van der Waals surface area contributed by atoms with Gasteiger partial charge in [-0.15, -0.1) is 0 Å². The number of urea groups is 1. The molecule has 5 heterocycles. The van der Waals surface area contributed by atoms with Crippen molar-refractivity contribution in [1.82, 2.24) is 29.9 Å². The molecular weight excluding hydrogens is 442 g/mol. The van der Waals surface area contributed by atoms with Gasteiger partial charge in [0, 0.05) is 49.7 Å². The van der Waals surface area contributed by atoms with E-state index in [1.165, 1.54) is 11.6 Å². The largest absolute Gasteiger partial charge is 0.483 e. The third-order valence-electron chi connectivity index (χ3n) is 5.64. The lowest BCUT2D eigenvalue weighted by Gasteiger charge is -2.34. The average molecular weight is 470 g/mol. The summed E-state index contributed by atoms with van der Waals surface area (Å²) in [6, 6.07) is 2.19. The Morgan fingerprint density at radius 2 is 2.15 bits per heavy atom. The molecule has 1 fully saturated rings. The molecule has 1 atom stereocenters. The number of hydrogen-bond donors (Lipinski definition) is 3. The van der Waals surface area contributed by atoms with Crippen LogP contribution in [-0.2, 0) is 11.2 Å². The first kappa shape index (κ1) is 23.2. The third-order valence-corrected chi connectivity index (χ3v) is 5.64. The molecule has 0 saturated carbocycles. The first-order valence-corrected chi connectivity index (χ1v) is 10.9. The molecule has 3 aromatic rings. The van der Waals surface area contributed by atoms with E-state index in [0.717, 1.165) is 37.3 Å². The van der Waals surface area contributed by atoms with Gasteiger partial charge in [0.1, 0.15) is 17.3 Å². The van der Waals surface area contributed by atoms with Crippen molar-refractivity contribution in [3.05, 3.63) is 29.8 Å². The summed E-state index contributed by atoms with van der Waals surface area (Å²) in [5.41, 5.74) is 2.69. The highest BCUT2D eigenvalue weighted by Gasteiger charge is 2.31. The molecule has 0 aliphatic carbocycles. The Balaban J connectivity index is 0.000000868. The van der Waals surface area contributed by atoms with Gasteiger partial charge in [0.15, 0.2) is 0 Å². The quantitative estimate of drug-likeness (QED) is 0.473. The smallest absolute Gasteiger partial charge is 0.327 e. The first-order valence-electron chi connectivity index (χ1n) is 10.9. The normalized spacial score (nSPS) is 17.1. The topological polar surface area (TPSA) is 150 Å². The van der Waals surface area contributed by atoms with Gasteiger partial charge in [0.25, 0.3) is 12.2 Å². The maximum Gasteiger partial charge on any atom is 0.327 e. The van der Waals surface area contributed by atoms with Gasteiger partial charge in [-0.1, -0.05) is 0 Å². The van der Waals surface area contributed by atoms with Gasteiger partial charge in [0.05, 0.1) is 13.3 Å². The lowest BCUT2D eigenvalue weighted by molar-refractivity contribution is -0.122. The summed E-state index contributed by atoms with van der Waals surface area (Å²) in [6.45, 7) is 7.09. The van der Waals surface area contributed by atoms with Crippen LogP contribution in [0.5, 0.6) is 5.88 Å². The number of rotatable bonds is 3. The minimum Gasteiger partial charge on any atom is -0.483 e. The van der Waals surface area contributed by atoms with Crippen molar-refractivity contribution in [2.45, 2.75) is 26.3 Å². The zero-order valence-corrected chi connectivity index (χ0v) is 19.2. The van der Waals surface area contributed by atoms with E-state index in [4.69, 9.17) is 14.6 Å². The van der Waals surface area contributed by atoms with Crippen molar-refractivity contribution in [2.24, 2.45) is 0 Å². The van der Waals surface area contributed by atoms with Gasteiger partial charge in [0.2, 0.25) is 5.88 Å². The summed E-state index contributed by atoms with van der Waals surface area (Å²) in [5.74, 6) is 1.98. The fourth-order valence-electron chi connectivity index (χ4n) is 4.25. The Labute approximate surface area is 195 Å². The fraction of sp³-hybridized carbons (Fsp3) is 0.429. The number of methoxy groups -OCH3 is 1. The number of piperazine rings is 1. The van der Waals surface area contributed by atoms with Crippen LogP contribution in [0, 0.1) is 6.92 Å². The number of nitrogens with zero attached hydrogens (tertiary/aromatic N) is 7. The molecule has 1 saturated heterocycles. The van der Waals surface area contributed by atoms with Gasteiger partial charge in [-0.2, -0.15) is 15.1 Å². The summed E-state index contributed by atoms with van der Waals surface area (Å²) in [7, 11) is 1.51. The second-order valence-electron chi connectivity index (χ2n) is 7.94. The Bertz CT molecular complexity index is 1200. The lowest BCUT2D eigenvalue weighted by atomic mass is 10.1. The van der Waals surface area contributed by atoms with E-state index in [1.807, 2.05) is 6.07 Å². The number of anilines is 3. The maximum absolute atomic E-state index is 13.1. The Kier molecular flexibility index (Phi) is 6.72. The number of carbonyl (C=O) groups excluding carboxylic acids is 1. The van der Waals surface area contributed by atoms with Crippen molar-refractivity contribution in [2.75, 3.05) is 48.4 Å². The van der Waals surface area contributed by atoms with Gasteiger partial charge < -0.3 is 25.4 Å². The average Bonchev–Trinajstić information content (AvgIpc) is 3.41. The molecular formula is C21H27N9O4. The second kappa shape index (κ2) is 9.87. The molecule has 3 N–H and O–H groups in total. The number of carbonyl (C=O) groups is 2. The highest BCUT2D eigenvalue weighted by Crippen LogP contribution is 2.35. The van der Waals surface area contributed by atoms with E-state index in [9.17, 15) is 4.79 Å². The van der Waals surface area contributed by atoms with Crippen LogP contribution < -0.4 is 25.2 Å². The molecule has 13 heteroatoms. The van der Waals surface area contributed by atoms with Crippen LogP contribution in [0.3, 0.4) is 0 Å². The SMILES string of the molecule is COc1nc2nc(C)nn2cc1NC(=O)N1CCc2c(N3CCN[C@@H](C)C3)ccnc21.O=CO. The number of hydrogen-bond acceptors (Lipinski definition) is 9. The number of aromatic nitrogens is 5. The van der Waals surface area contributed by atoms with Crippen LogP contribution >= 0.6 is 0 Å². The van der Waals surface area contributed by atoms with Gasteiger partial charge in [-0.3, -0.25) is 9.69 Å². The second-order valence-corrected chi connectivity index (χ2v) is 7.94. The summed E-state index contributed by atoms with van der Waals surface area (Å²) in [6.07, 6.45) is 4.20. The molecule has 5 rings (SSSR count). The van der Waals surface area contributed by atoms with E-state index in [-0.39, 0.29) is 18.4 Å². The highest BCUT2D eigenvalue weighted by atomic mass is 16.5. The van der Waals surface area contributed by atoms with Gasteiger partial charge >= 0.3 is 6.03 Å². The molecule has 13 nitrogen and oxygen atoms in total. The van der Waals surface area contributed by atoms with Crippen molar-refractivity contribution in [1.29, 1.82) is 0 Å². The Morgan fingerprint density at radius 1 is 1.35 bits per heavy atom.